The van der Waals surface area contributed by atoms with Crippen LogP contribution in [0.4, 0.5) is 0 Å². The number of nitrogens with zero attached hydrogens (tertiary/aromatic N) is 1. The maximum Gasteiger partial charge on any atom is 0.261 e. The first-order valence-corrected chi connectivity index (χ1v) is 14.4. The Bertz CT molecular complexity index is 1240. The lowest BCUT2D eigenvalue weighted by Gasteiger charge is -2.33. The van der Waals surface area contributed by atoms with E-state index in [4.69, 9.17) is 9.47 Å². The molecule has 3 aromatic carbocycles. The molecule has 0 spiro atoms. The van der Waals surface area contributed by atoms with Gasteiger partial charge >= 0.3 is 0 Å². The predicted molar refractivity (Wildman–Crippen MR) is 159 cm³/mol. The van der Waals surface area contributed by atoms with Gasteiger partial charge in [-0.1, -0.05) is 93.8 Å². The first-order valence-electron chi connectivity index (χ1n) is 14.4. The van der Waals surface area contributed by atoms with Crippen molar-refractivity contribution in [3.8, 4) is 11.5 Å². The molecule has 1 aliphatic rings. The summed E-state index contributed by atoms with van der Waals surface area (Å²) >= 11 is 0. The molecular weight excluding hydrogens is 500 g/mol. The predicted octanol–water partition coefficient (Wildman–Crippen LogP) is 6.29. The third-order valence-electron chi connectivity index (χ3n) is 7.60. The van der Waals surface area contributed by atoms with Crippen molar-refractivity contribution in [1.29, 1.82) is 0 Å². The molecule has 1 N–H and O–H groups in total. The molecule has 6 nitrogen and oxygen atoms in total. The van der Waals surface area contributed by atoms with Gasteiger partial charge in [-0.05, 0) is 53.6 Å². The standard InChI is InChI=1S/C34H42N2O4/c1-25(2)30-19-10-11-20-32(30)40-24-33(37)36(23-27-15-12-18-29(21-27)39-3)31(22-26-13-6-4-7-14-26)34(38)35-28-16-8-5-9-17-28/h4,6-7,10-15,18-21,25,28,31H,5,8-9,16-17,22-24H2,1-3H3,(H,35,38). The minimum Gasteiger partial charge on any atom is -0.497 e. The van der Waals surface area contributed by atoms with Crippen molar-refractivity contribution >= 4 is 11.8 Å². The van der Waals surface area contributed by atoms with Crippen molar-refractivity contribution < 1.29 is 19.1 Å². The number of benzene rings is 3. The van der Waals surface area contributed by atoms with Gasteiger partial charge in [-0.2, -0.15) is 0 Å². The monoisotopic (exact) mass is 542 g/mol. The zero-order chi connectivity index (χ0) is 28.3. The van der Waals surface area contributed by atoms with E-state index in [2.05, 4.69) is 19.2 Å². The van der Waals surface area contributed by atoms with Crippen molar-refractivity contribution in [2.24, 2.45) is 0 Å². The van der Waals surface area contributed by atoms with Gasteiger partial charge in [0.1, 0.15) is 17.5 Å². The van der Waals surface area contributed by atoms with Gasteiger partial charge < -0.3 is 19.7 Å². The van der Waals surface area contributed by atoms with Crippen LogP contribution < -0.4 is 14.8 Å². The van der Waals surface area contributed by atoms with E-state index in [9.17, 15) is 9.59 Å². The fourth-order valence-electron chi connectivity index (χ4n) is 5.38. The number of ether oxygens (including phenoxy) is 2. The van der Waals surface area contributed by atoms with Crippen LogP contribution >= 0.6 is 0 Å². The molecule has 1 atom stereocenters. The van der Waals surface area contributed by atoms with Gasteiger partial charge in [-0.25, -0.2) is 0 Å². The van der Waals surface area contributed by atoms with E-state index in [0.29, 0.717) is 17.9 Å². The summed E-state index contributed by atoms with van der Waals surface area (Å²) < 4.78 is 11.5. The molecule has 6 heteroatoms. The second-order valence-corrected chi connectivity index (χ2v) is 10.9. The van der Waals surface area contributed by atoms with Crippen LogP contribution in [0, 0.1) is 0 Å². The van der Waals surface area contributed by atoms with Gasteiger partial charge in [0.15, 0.2) is 6.61 Å². The second kappa shape index (κ2) is 14.5. The Morgan fingerprint density at radius 1 is 0.900 bits per heavy atom. The molecule has 40 heavy (non-hydrogen) atoms. The van der Waals surface area contributed by atoms with Gasteiger partial charge in [0.25, 0.3) is 5.91 Å². The van der Waals surface area contributed by atoms with Crippen molar-refractivity contribution in [2.75, 3.05) is 13.7 Å². The van der Waals surface area contributed by atoms with Crippen LogP contribution in [0.15, 0.2) is 78.9 Å². The highest BCUT2D eigenvalue weighted by Gasteiger charge is 2.32. The highest BCUT2D eigenvalue weighted by atomic mass is 16.5. The van der Waals surface area contributed by atoms with E-state index in [1.807, 2.05) is 78.9 Å². The molecule has 1 unspecified atom stereocenters. The number of carbonyl (C=O) groups excluding carboxylic acids is 2. The Hall–Kier alpha value is -3.80. The third-order valence-corrected chi connectivity index (χ3v) is 7.60. The topological polar surface area (TPSA) is 67.9 Å². The van der Waals surface area contributed by atoms with Gasteiger partial charge in [-0.3, -0.25) is 9.59 Å². The zero-order valence-electron chi connectivity index (χ0n) is 24.0. The first-order chi connectivity index (χ1) is 19.4. The number of para-hydroxylation sites is 1. The van der Waals surface area contributed by atoms with Gasteiger partial charge in [-0.15, -0.1) is 0 Å². The van der Waals surface area contributed by atoms with Crippen LogP contribution in [0.2, 0.25) is 0 Å². The van der Waals surface area contributed by atoms with Gasteiger partial charge in [0.05, 0.1) is 7.11 Å². The molecule has 4 rings (SSSR count). The van der Waals surface area contributed by atoms with Crippen molar-refractivity contribution in [2.45, 2.75) is 76.9 Å². The number of amides is 2. The van der Waals surface area contributed by atoms with Crippen molar-refractivity contribution in [3.05, 3.63) is 95.6 Å². The Kier molecular flexibility index (Phi) is 10.6. The number of hydrogen-bond acceptors (Lipinski definition) is 4. The Morgan fingerprint density at radius 3 is 2.33 bits per heavy atom. The fraction of sp³-hybridized carbons (Fsp3) is 0.412. The number of rotatable bonds is 12. The lowest BCUT2D eigenvalue weighted by molar-refractivity contribution is -0.143. The van der Waals surface area contributed by atoms with Crippen LogP contribution in [0.25, 0.3) is 0 Å². The van der Waals surface area contributed by atoms with E-state index >= 15 is 0 Å². The summed E-state index contributed by atoms with van der Waals surface area (Å²) in [7, 11) is 1.62. The van der Waals surface area contributed by atoms with Crippen molar-refractivity contribution in [3.63, 3.8) is 0 Å². The number of methoxy groups -OCH3 is 1. The molecule has 0 saturated heterocycles. The molecule has 2 amide bonds. The highest BCUT2D eigenvalue weighted by molar-refractivity contribution is 5.88. The molecule has 0 aliphatic heterocycles. The second-order valence-electron chi connectivity index (χ2n) is 10.9. The quantitative estimate of drug-likeness (QED) is 0.292. The summed E-state index contributed by atoms with van der Waals surface area (Å²) in [6.45, 7) is 4.31. The summed E-state index contributed by atoms with van der Waals surface area (Å²) in [6, 6.07) is 24.8. The van der Waals surface area contributed by atoms with Crippen LogP contribution in [-0.4, -0.2) is 42.5 Å². The third kappa shape index (κ3) is 8.10. The van der Waals surface area contributed by atoms with E-state index in [1.54, 1.807) is 12.0 Å². The number of nitrogens with one attached hydrogen (secondary N) is 1. The molecule has 3 aromatic rings. The average molecular weight is 543 g/mol. The summed E-state index contributed by atoms with van der Waals surface area (Å²) in [6.07, 6.45) is 5.80. The SMILES string of the molecule is COc1cccc(CN(C(=O)COc2ccccc2C(C)C)C(Cc2ccccc2)C(=O)NC2CCCCC2)c1. The Balaban J connectivity index is 1.64. The summed E-state index contributed by atoms with van der Waals surface area (Å²) in [5.74, 6) is 1.30. The molecule has 1 saturated carbocycles. The minimum absolute atomic E-state index is 0.116. The van der Waals surface area contributed by atoms with E-state index < -0.39 is 6.04 Å². The molecule has 212 valence electrons. The van der Waals surface area contributed by atoms with Crippen LogP contribution in [0.5, 0.6) is 11.5 Å². The normalized spacial score (nSPS) is 14.4. The molecule has 0 bridgehead atoms. The van der Waals surface area contributed by atoms with Gasteiger partial charge in [0.2, 0.25) is 5.91 Å². The molecule has 0 aromatic heterocycles. The molecule has 1 fully saturated rings. The zero-order valence-corrected chi connectivity index (χ0v) is 24.0. The van der Waals surface area contributed by atoms with E-state index in [1.165, 1.54) is 6.42 Å². The Labute approximate surface area is 238 Å². The average Bonchev–Trinajstić information content (AvgIpc) is 2.99. The molecule has 1 aliphatic carbocycles. The maximum atomic E-state index is 14.0. The maximum absolute atomic E-state index is 14.0. The largest absolute Gasteiger partial charge is 0.497 e. The highest BCUT2D eigenvalue weighted by Crippen LogP contribution is 2.26. The smallest absolute Gasteiger partial charge is 0.261 e. The summed E-state index contributed by atoms with van der Waals surface area (Å²) in [5, 5.41) is 3.28. The van der Waals surface area contributed by atoms with Crippen molar-refractivity contribution in [1.82, 2.24) is 10.2 Å². The summed E-state index contributed by atoms with van der Waals surface area (Å²) in [4.78, 5) is 29.6. The number of hydrogen-bond donors (Lipinski definition) is 1. The minimum atomic E-state index is -0.688. The molecular formula is C34H42N2O4. The first kappa shape index (κ1) is 29.2. The lowest BCUT2D eigenvalue weighted by Crippen LogP contribution is -2.53. The lowest BCUT2D eigenvalue weighted by atomic mass is 9.94. The van der Waals surface area contributed by atoms with Gasteiger partial charge in [0, 0.05) is 19.0 Å². The fourth-order valence-corrected chi connectivity index (χ4v) is 5.38. The van der Waals surface area contributed by atoms with Crippen LogP contribution in [-0.2, 0) is 22.6 Å². The molecule has 0 heterocycles. The number of carbonyl (C=O) groups is 2. The summed E-state index contributed by atoms with van der Waals surface area (Å²) in [5.41, 5.74) is 2.94. The molecule has 0 radical (unpaired) electrons. The Morgan fingerprint density at radius 2 is 1.60 bits per heavy atom. The van der Waals surface area contributed by atoms with Crippen LogP contribution in [0.3, 0.4) is 0 Å². The van der Waals surface area contributed by atoms with E-state index in [-0.39, 0.29) is 36.9 Å². The van der Waals surface area contributed by atoms with E-state index in [0.717, 1.165) is 42.4 Å². The van der Waals surface area contributed by atoms with Crippen LogP contribution in [0.1, 0.15) is 68.6 Å².